The van der Waals surface area contributed by atoms with Gasteiger partial charge in [-0.1, -0.05) is 17.7 Å². The second kappa shape index (κ2) is 8.64. The van der Waals surface area contributed by atoms with Gasteiger partial charge in [0.25, 0.3) is 5.91 Å². The molecule has 0 spiro atoms. The fourth-order valence-electron chi connectivity index (χ4n) is 3.26. The number of nitrogens with zero attached hydrogens (tertiary/aromatic N) is 1. The number of esters is 1. The van der Waals surface area contributed by atoms with Gasteiger partial charge in [-0.25, -0.2) is 4.79 Å². The van der Waals surface area contributed by atoms with E-state index in [1.54, 1.807) is 37.8 Å². The van der Waals surface area contributed by atoms with Crippen molar-refractivity contribution in [2.75, 3.05) is 13.2 Å². The number of aryl methyl sites for hydroxylation is 2. The third-order valence-electron chi connectivity index (χ3n) is 4.85. The molecule has 0 bridgehead atoms. The lowest BCUT2D eigenvalue weighted by atomic mass is 10.00. The Kier molecular flexibility index (Phi) is 6.67. The Labute approximate surface area is 172 Å². The molecular weight excluding hydrogens is 368 g/mol. The van der Waals surface area contributed by atoms with Crippen LogP contribution in [0.15, 0.2) is 24.3 Å². The van der Waals surface area contributed by atoms with E-state index in [1.807, 2.05) is 39.8 Å². The standard InChI is InChI=1S/C23H30N2O4/c1-8-29-22(28)20-15(3)19(16(4)24-20)18(26)13-25(23(5,6)7)21(27)17-11-9-14(2)10-12-17/h9-12,24H,8,13H2,1-7H3. The zero-order chi connectivity index (χ0) is 21.9. The molecule has 0 atom stereocenters. The molecule has 156 valence electrons. The number of H-pyrrole nitrogens is 1. The van der Waals surface area contributed by atoms with Gasteiger partial charge in [0.1, 0.15) is 5.69 Å². The fourth-order valence-corrected chi connectivity index (χ4v) is 3.26. The van der Waals surface area contributed by atoms with Crippen molar-refractivity contribution < 1.29 is 19.1 Å². The maximum absolute atomic E-state index is 13.2. The molecule has 0 fully saturated rings. The van der Waals surface area contributed by atoms with E-state index in [0.29, 0.717) is 22.4 Å². The zero-order valence-corrected chi connectivity index (χ0v) is 18.3. The SMILES string of the molecule is CCOC(=O)c1[nH]c(C)c(C(=O)CN(C(=O)c2ccc(C)cc2)C(C)(C)C)c1C. The first-order valence-electron chi connectivity index (χ1n) is 9.75. The highest BCUT2D eigenvalue weighted by Gasteiger charge is 2.31. The molecule has 6 heteroatoms. The molecule has 0 aliphatic carbocycles. The lowest BCUT2D eigenvalue weighted by molar-refractivity contribution is 0.0517. The third kappa shape index (κ3) is 4.94. The van der Waals surface area contributed by atoms with E-state index in [1.165, 1.54) is 0 Å². The van der Waals surface area contributed by atoms with Crippen LogP contribution in [0.25, 0.3) is 0 Å². The van der Waals surface area contributed by atoms with Crippen molar-refractivity contribution in [2.45, 2.75) is 54.0 Å². The maximum atomic E-state index is 13.2. The summed E-state index contributed by atoms with van der Waals surface area (Å²) in [5.41, 5.74) is 2.88. The van der Waals surface area contributed by atoms with Crippen molar-refractivity contribution in [1.29, 1.82) is 0 Å². The Bertz CT molecular complexity index is 918. The molecule has 1 heterocycles. The molecular formula is C23H30N2O4. The van der Waals surface area contributed by atoms with E-state index < -0.39 is 11.5 Å². The van der Waals surface area contributed by atoms with Crippen LogP contribution in [-0.2, 0) is 4.74 Å². The Morgan fingerprint density at radius 2 is 1.62 bits per heavy atom. The summed E-state index contributed by atoms with van der Waals surface area (Å²) in [4.78, 5) is 42.9. The summed E-state index contributed by atoms with van der Waals surface area (Å²) < 4.78 is 5.05. The number of ether oxygens (including phenoxy) is 1. The number of hydrogen-bond acceptors (Lipinski definition) is 4. The lowest BCUT2D eigenvalue weighted by Crippen LogP contribution is -2.48. The number of aromatic amines is 1. The van der Waals surface area contributed by atoms with Crippen molar-refractivity contribution in [3.63, 3.8) is 0 Å². The Hall–Kier alpha value is -2.89. The molecule has 0 aliphatic rings. The summed E-state index contributed by atoms with van der Waals surface area (Å²) in [5.74, 6) is -0.917. The molecule has 6 nitrogen and oxygen atoms in total. The third-order valence-corrected chi connectivity index (χ3v) is 4.85. The number of carbonyl (C=O) groups excluding carboxylic acids is 3. The van der Waals surface area contributed by atoms with Crippen LogP contribution in [-0.4, -0.2) is 46.2 Å². The first kappa shape index (κ1) is 22.4. The molecule has 0 radical (unpaired) electrons. The lowest BCUT2D eigenvalue weighted by Gasteiger charge is -2.35. The molecule has 1 aromatic heterocycles. The van der Waals surface area contributed by atoms with E-state index in [0.717, 1.165) is 5.56 Å². The molecule has 0 aliphatic heterocycles. The van der Waals surface area contributed by atoms with Crippen molar-refractivity contribution in [3.8, 4) is 0 Å². The van der Waals surface area contributed by atoms with Crippen LogP contribution in [0, 0.1) is 20.8 Å². The predicted octanol–water partition coefficient (Wildman–Crippen LogP) is 4.24. The van der Waals surface area contributed by atoms with Gasteiger partial charge >= 0.3 is 5.97 Å². The van der Waals surface area contributed by atoms with Gasteiger partial charge in [0, 0.05) is 22.4 Å². The summed E-state index contributed by atoms with van der Waals surface area (Å²) >= 11 is 0. The second-order valence-electron chi connectivity index (χ2n) is 8.20. The number of rotatable bonds is 6. The van der Waals surface area contributed by atoms with Crippen LogP contribution >= 0.6 is 0 Å². The highest BCUT2D eigenvalue weighted by molar-refractivity contribution is 6.06. The van der Waals surface area contributed by atoms with Gasteiger partial charge in [0.05, 0.1) is 13.2 Å². The Balaban J connectivity index is 2.35. The Morgan fingerprint density at radius 1 is 1.03 bits per heavy atom. The molecule has 2 rings (SSSR count). The number of benzene rings is 1. The van der Waals surface area contributed by atoms with Gasteiger partial charge in [-0.3, -0.25) is 9.59 Å². The Morgan fingerprint density at radius 3 is 2.14 bits per heavy atom. The van der Waals surface area contributed by atoms with E-state index in [4.69, 9.17) is 4.74 Å². The highest BCUT2D eigenvalue weighted by atomic mass is 16.5. The summed E-state index contributed by atoms with van der Waals surface area (Å²) in [7, 11) is 0. The van der Waals surface area contributed by atoms with Crippen LogP contribution in [0.5, 0.6) is 0 Å². The predicted molar refractivity (Wildman–Crippen MR) is 113 cm³/mol. The van der Waals surface area contributed by atoms with Crippen LogP contribution in [0.1, 0.15) is 75.7 Å². The molecule has 0 saturated heterocycles. The van der Waals surface area contributed by atoms with E-state index in [-0.39, 0.29) is 30.5 Å². The first-order chi connectivity index (χ1) is 13.5. The quantitative estimate of drug-likeness (QED) is 0.583. The van der Waals surface area contributed by atoms with Crippen molar-refractivity contribution in [1.82, 2.24) is 9.88 Å². The van der Waals surface area contributed by atoms with Crippen molar-refractivity contribution in [3.05, 3.63) is 57.9 Å². The molecule has 2 aromatic rings. The molecule has 29 heavy (non-hydrogen) atoms. The summed E-state index contributed by atoms with van der Waals surface area (Å²) in [5, 5.41) is 0. The monoisotopic (exact) mass is 398 g/mol. The topological polar surface area (TPSA) is 79.5 Å². The van der Waals surface area contributed by atoms with Crippen LogP contribution in [0.3, 0.4) is 0 Å². The summed E-state index contributed by atoms with van der Waals surface area (Å²) in [6.07, 6.45) is 0. The van der Waals surface area contributed by atoms with Gasteiger partial charge in [-0.2, -0.15) is 0 Å². The van der Waals surface area contributed by atoms with Gasteiger partial charge in [0.15, 0.2) is 5.78 Å². The highest BCUT2D eigenvalue weighted by Crippen LogP contribution is 2.23. The van der Waals surface area contributed by atoms with Crippen molar-refractivity contribution in [2.24, 2.45) is 0 Å². The number of aromatic nitrogens is 1. The molecule has 0 saturated carbocycles. The average Bonchev–Trinajstić information content (AvgIpc) is 2.93. The second-order valence-corrected chi connectivity index (χ2v) is 8.20. The van der Waals surface area contributed by atoms with E-state index >= 15 is 0 Å². The minimum Gasteiger partial charge on any atom is -0.461 e. The normalized spacial score (nSPS) is 11.3. The van der Waals surface area contributed by atoms with Gasteiger partial charge < -0.3 is 14.6 Å². The number of ketones is 1. The maximum Gasteiger partial charge on any atom is 0.355 e. The minimum atomic E-state index is -0.556. The molecule has 1 amide bonds. The number of Topliss-reactive ketones (excluding diaryl/α,β-unsaturated/α-hetero) is 1. The van der Waals surface area contributed by atoms with Crippen LogP contribution < -0.4 is 0 Å². The fraction of sp³-hybridized carbons (Fsp3) is 0.435. The van der Waals surface area contributed by atoms with E-state index in [2.05, 4.69) is 4.98 Å². The molecule has 1 aromatic carbocycles. The van der Waals surface area contributed by atoms with E-state index in [9.17, 15) is 14.4 Å². The smallest absolute Gasteiger partial charge is 0.355 e. The zero-order valence-electron chi connectivity index (χ0n) is 18.3. The minimum absolute atomic E-state index is 0.0853. The largest absolute Gasteiger partial charge is 0.461 e. The van der Waals surface area contributed by atoms with Crippen LogP contribution in [0.2, 0.25) is 0 Å². The summed E-state index contributed by atoms with van der Waals surface area (Å²) in [6.45, 7) is 13.0. The van der Waals surface area contributed by atoms with Crippen LogP contribution in [0.4, 0.5) is 0 Å². The van der Waals surface area contributed by atoms with Gasteiger partial charge in [-0.15, -0.1) is 0 Å². The average molecular weight is 399 g/mol. The molecule has 1 N–H and O–H groups in total. The first-order valence-corrected chi connectivity index (χ1v) is 9.75. The number of nitrogens with one attached hydrogen (secondary N) is 1. The van der Waals surface area contributed by atoms with Crippen molar-refractivity contribution >= 4 is 17.7 Å². The number of amides is 1. The number of hydrogen-bond donors (Lipinski definition) is 1. The summed E-state index contributed by atoms with van der Waals surface area (Å²) in [6, 6.07) is 7.29. The van der Waals surface area contributed by atoms with Gasteiger partial charge in [-0.05, 0) is 66.2 Å². The number of carbonyl (C=O) groups is 3. The van der Waals surface area contributed by atoms with Gasteiger partial charge in [0.2, 0.25) is 0 Å². The molecule has 0 unspecified atom stereocenters.